The Balaban J connectivity index is 1.87. The van der Waals surface area contributed by atoms with E-state index in [0.717, 1.165) is 25.9 Å². The maximum absolute atomic E-state index is 12.6. The van der Waals surface area contributed by atoms with Gasteiger partial charge in [0.25, 0.3) is 5.91 Å². The molecule has 0 bridgehead atoms. The summed E-state index contributed by atoms with van der Waals surface area (Å²) in [6.07, 6.45) is 2.57. The Morgan fingerprint density at radius 2 is 2.05 bits per heavy atom. The van der Waals surface area contributed by atoms with Crippen LogP contribution >= 0.6 is 0 Å². The number of benzene rings is 1. The van der Waals surface area contributed by atoms with E-state index in [1.165, 1.54) is 11.1 Å². The van der Waals surface area contributed by atoms with E-state index in [4.69, 9.17) is 4.74 Å². The summed E-state index contributed by atoms with van der Waals surface area (Å²) in [4.78, 5) is 14.6. The van der Waals surface area contributed by atoms with Crippen LogP contribution in [0.4, 0.5) is 0 Å². The molecule has 3 heteroatoms. The quantitative estimate of drug-likeness (QED) is 0.775. The molecule has 3 rings (SSSR count). The molecule has 19 heavy (non-hydrogen) atoms. The average Bonchev–Trinajstić information content (AvgIpc) is 2.90. The minimum atomic E-state index is -0.218. The molecule has 2 heterocycles. The van der Waals surface area contributed by atoms with Gasteiger partial charge >= 0.3 is 0 Å². The van der Waals surface area contributed by atoms with Crippen molar-refractivity contribution >= 4 is 5.91 Å². The fourth-order valence-electron chi connectivity index (χ4n) is 3.15. The molecule has 1 fully saturated rings. The molecule has 1 aromatic rings. The number of hydrogen-bond acceptors (Lipinski definition) is 2. The van der Waals surface area contributed by atoms with Gasteiger partial charge in [0.15, 0.2) is 0 Å². The van der Waals surface area contributed by atoms with Crippen molar-refractivity contribution in [3.63, 3.8) is 0 Å². The van der Waals surface area contributed by atoms with E-state index < -0.39 is 0 Å². The van der Waals surface area contributed by atoms with Crippen LogP contribution < -0.4 is 0 Å². The molecule has 0 saturated carbocycles. The Kier molecular flexibility index (Phi) is 3.09. The van der Waals surface area contributed by atoms with Crippen molar-refractivity contribution in [3.8, 4) is 0 Å². The summed E-state index contributed by atoms with van der Waals surface area (Å²) >= 11 is 0. The highest BCUT2D eigenvalue weighted by Crippen LogP contribution is 2.32. The number of carbonyl (C=O) groups excluding carboxylic acids is 1. The molecule has 0 aliphatic carbocycles. The fourth-order valence-corrected chi connectivity index (χ4v) is 3.15. The van der Waals surface area contributed by atoms with Gasteiger partial charge in [-0.1, -0.05) is 24.3 Å². The number of ether oxygens (including phenoxy) is 1. The summed E-state index contributed by atoms with van der Waals surface area (Å²) in [7, 11) is 0. The summed E-state index contributed by atoms with van der Waals surface area (Å²) < 4.78 is 5.56. The Hall–Kier alpha value is -1.35. The molecule has 1 amide bonds. The molecule has 1 unspecified atom stereocenters. The third-order valence-corrected chi connectivity index (χ3v) is 4.27. The van der Waals surface area contributed by atoms with Gasteiger partial charge in [0.1, 0.15) is 6.10 Å². The van der Waals surface area contributed by atoms with Crippen molar-refractivity contribution in [2.75, 3.05) is 6.61 Å². The van der Waals surface area contributed by atoms with Crippen LogP contribution in [0.5, 0.6) is 0 Å². The molecular weight excluding hydrogens is 238 g/mol. The third kappa shape index (κ3) is 2.27. The summed E-state index contributed by atoms with van der Waals surface area (Å²) in [5, 5.41) is 0. The smallest absolute Gasteiger partial charge is 0.252 e. The molecule has 2 aliphatic rings. The van der Waals surface area contributed by atoms with Crippen molar-refractivity contribution in [1.82, 2.24) is 4.90 Å². The number of carbonyl (C=O) groups is 1. The molecule has 0 radical (unpaired) electrons. The van der Waals surface area contributed by atoms with E-state index >= 15 is 0 Å². The zero-order valence-corrected chi connectivity index (χ0v) is 11.7. The van der Waals surface area contributed by atoms with Crippen LogP contribution in [-0.2, 0) is 22.5 Å². The van der Waals surface area contributed by atoms with Crippen LogP contribution in [0.3, 0.4) is 0 Å². The largest absolute Gasteiger partial charge is 0.368 e. The molecule has 1 atom stereocenters. The SMILES string of the molecule is CC1(C)Cc2ccccc2CN1C(=O)C1CCCO1. The number of nitrogens with zero attached hydrogens (tertiary/aromatic N) is 1. The predicted molar refractivity (Wildman–Crippen MR) is 73.7 cm³/mol. The molecular formula is C16H21NO2. The third-order valence-electron chi connectivity index (χ3n) is 4.27. The van der Waals surface area contributed by atoms with Crippen molar-refractivity contribution in [3.05, 3.63) is 35.4 Å². The van der Waals surface area contributed by atoms with Crippen molar-refractivity contribution in [2.24, 2.45) is 0 Å². The predicted octanol–water partition coefficient (Wildman–Crippen LogP) is 2.53. The van der Waals surface area contributed by atoms with Gasteiger partial charge in [-0.15, -0.1) is 0 Å². The summed E-state index contributed by atoms with van der Waals surface area (Å²) in [5.74, 6) is 0.164. The molecule has 1 saturated heterocycles. The monoisotopic (exact) mass is 259 g/mol. The highest BCUT2D eigenvalue weighted by atomic mass is 16.5. The Bertz CT molecular complexity index is 489. The second-order valence-corrected chi connectivity index (χ2v) is 6.18. The highest BCUT2D eigenvalue weighted by Gasteiger charge is 2.39. The van der Waals surface area contributed by atoms with Gasteiger partial charge < -0.3 is 9.64 Å². The van der Waals surface area contributed by atoms with E-state index in [1.54, 1.807) is 0 Å². The lowest BCUT2D eigenvalue weighted by Crippen LogP contribution is -2.54. The van der Waals surface area contributed by atoms with Crippen LogP contribution in [-0.4, -0.2) is 29.1 Å². The minimum Gasteiger partial charge on any atom is -0.368 e. The Labute approximate surface area is 114 Å². The number of rotatable bonds is 1. The Morgan fingerprint density at radius 3 is 2.74 bits per heavy atom. The van der Waals surface area contributed by atoms with Gasteiger partial charge in [-0.05, 0) is 44.2 Å². The van der Waals surface area contributed by atoms with Crippen LogP contribution in [0.1, 0.15) is 37.8 Å². The van der Waals surface area contributed by atoms with E-state index in [9.17, 15) is 4.79 Å². The highest BCUT2D eigenvalue weighted by molar-refractivity contribution is 5.82. The molecule has 3 nitrogen and oxygen atoms in total. The number of hydrogen-bond donors (Lipinski definition) is 0. The molecule has 0 spiro atoms. The zero-order valence-electron chi connectivity index (χ0n) is 11.7. The molecule has 0 N–H and O–H groups in total. The second kappa shape index (κ2) is 4.64. The van der Waals surface area contributed by atoms with Crippen molar-refractivity contribution in [1.29, 1.82) is 0 Å². The first-order valence-corrected chi connectivity index (χ1v) is 7.08. The number of amides is 1. The molecule has 1 aromatic carbocycles. The van der Waals surface area contributed by atoms with Crippen molar-refractivity contribution < 1.29 is 9.53 Å². The lowest BCUT2D eigenvalue weighted by atomic mass is 9.85. The molecule has 102 valence electrons. The average molecular weight is 259 g/mol. The Morgan fingerprint density at radius 1 is 1.32 bits per heavy atom. The summed E-state index contributed by atoms with van der Waals surface area (Å²) in [6.45, 7) is 5.73. The first-order chi connectivity index (χ1) is 9.08. The van der Waals surface area contributed by atoms with E-state index in [0.29, 0.717) is 6.54 Å². The normalized spacial score (nSPS) is 25.2. The molecule has 0 aromatic heterocycles. The van der Waals surface area contributed by atoms with Crippen LogP contribution in [0.25, 0.3) is 0 Å². The van der Waals surface area contributed by atoms with Crippen LogP contribution in [0.15, 0.2) is 24.3 Å². The summed E-state index contributed by atoms with van der Waals surface area (Å²) in [6, 6.07) is 8.42. The van der Waals surface area contributed by atoms with Gasteiger partial charge in [-0.3, -0.25) is 4.79 Å². The maximum Gasteiger partial charge on any atom is 0.252 e. The minimum absolute atomic E-state index is 0.128. The zero-order chi connectivity index (χ0) is 13.5. The standard InChI is InChI=1S/C16H21NO2/c1-16(2)10-12-6-3-4-7-13(12)11-17(16)15(18)14-8-5-9-19-14/h3-4,6-7,14H,5,8-11H2,1-2H3. The first kappa shape index (κ1) is 12.7. The number of fused-ring (bicyclic) bond motifs is 1. The lowest BCUT2D eigenvalue weighted by molar-refractivity contribution is -0.148. The van der Waals surface area contributed by atoms with Gasteiger partial charge in [-0.2, -0.15) is 0 Å². The van der Waals surface area contributed by atoms with Gasteiger partial charge in [0.05, 0.1) is 0 Å². The molecule has 2 aliphatic heterocycles. The van der Waals surface area contributed by atoms with Crippen molar-refractivity contribution in [2.45, 2.75) is 51.3 Å². The van der Waals surface area contributed by atoms with Gasteiger partial charge in [-0.25, -0.2) is 0 Å². The maximum atomic E-state index is 12.6. The first-order valence-electron chi connectivity index (χ1n) is 7.08. The van der Waals surface area contributed by atoms with Gasteiger partial charge in [0, 0.05) is 18.7 Å². The fraction of sp³-hybridized carbons (Fsp3) is 0.562. The topological polar surface area (TPSA) is 29.5 Å². The van der Waals surface area contributed by atoms with E-state index in [1.807, 2.05) is 11.0 Å². The summed E-state index contributed by atoms with van der Waals surface area (Å²) in [5.41, 5.74) is 2.51. The lowest BCUT2D eigenvalue weighted by Gasteiger charge is -2.44. The van der Waals surface area contributed by atoms with Crippen LogP contribution in [0, 0.1) is 0 Å². The van der Waals surface area contributed by atoms with E-state index in [-0.39, 0.29) is 17.6 Å². The second-order valence-electron chi connectivity index (χ2n) is 6.18. The van der Waals surface area contributed by atoms with Crippen LogP contribution in [0.2, 0.25) is 0 Å². The van der Waals surface area contributed by atoms with E-state index in [2.05, 4.69) is 32.0 Å². The van der Waals surface area contributed by atoms with Gasteiger partial charge in [0.2, 0.25) is 0 Å².